The molecule has 0 aromatic heterocycles. The number of benzene rings is 1. The van der Waals surface area contributed by atoms with E-state index >= 15 is 0 Å². The maximum absolute atomic E-state index is 13.2. The first kappa shape index (κ1) is 26.8. The van der Waals surface area contributed by atoms with Crippen LogP contribution in [-0.4, -0.2) is 78.5 Å². The van der Waals surface area contributed by atoms with Crippen molar-refractivity contribution in [2.24, 2.45) is 5.92 Å². The van der Waals surface area contributed by atoms with Crippen molar-refractivity contribution in [3.8, 4) is 0 Å². The van der Waals surface area contributed by atoms with Gasteiger partial charge in [0.25, 0.3) is 0 Å². The third kappa shape index (κ3) is 5.50. The van der Waals surface area contributed by atoms with Gasteiger partial charge in [-0.05, 0) is 44.4 Å². The summed E-state index contributed by atoms with van der Waals surface area (Å²) in [6, 6.07) is 4.06. The predicted molar refractivity (Wildman–Crippen MR) is 139 cm³/mol. The summed E-state index contributed by atoms with van der Waals surface area (Å²) in [5, 5.41) is 3.63. The van der Waals surface area contributed by atoms with Gasteiger partial charge in [-0.2, -0.15) is 0 Å². The van der Waals surface area contributed by atoms with Crippen molar-refractivity contribution in [1.82, 2.24) is 20.0 Å². The molecule has 1 aromatic carbocycles. The molecule has 2 unspecified atom stereocenters. The van der Waals surface area contributed by atoms with Crippen molar-refractivity contribution in [2.45, 2.75) is 51.6 Å². The fourth-order valence-electron chi connectivity index (χ4n) is 5.46. The van der Waals surface area contributed by atoms with Crippen LogP contribution in [0.2, 0.25) is 10.0 Å². The zero-order valence-electron chi connectivity index (χ0n) is 21.1. The number of nitrogens with one attached hydrogen (secondary N) is 1. The SMILES string of the molecule is CCOC(=O)C1=C(CN2CCN(C(=O)C3CCCC3)C(C)C2)N(C)C(=O)NC1c1ccc(Cl)c(Cl)c1. The van der Waals surface area contributed by atoms with Crippen LogP contribution in [0.25, 0.3) is 0 Å². The maximum atomic E-state index is 13.2. The number of amides is 3. The minimum Gasteiger partial charge on any atom is -0.463 e. The summed E-state index contributed by atoms with van der Waals surface area (Å²) in [6.07, 6.45) is 4.23. The van der Waals surface area contributed by atoms with Gasteiger partial charge in [-0.1, -0.05) is 42.1 Å². The molecule has 196 valence electrons. The molecule has 1 aromatic rings. The summed E-state index contributed by atoms with van der Waals surface area (Å²) < 4.78 is 5.41. The van der Waals surface area contributed by atoms with E-state index in [-0.39, 0.29) is 30.5 Å². The van der Waals surface area contributed by atoms with Gasteiger partial charge >= 0.3 is 12.0 Å². The van der Waals surface area contributed by atoms with Gasteiger partial charge in [-0.3, -0.25) is 14.6 Å². The Morgan fingerprint density at radius 1 is 1.14 bits per heavy atom. The lowest BCUT2D eigenvalue weighted by Crippen LogP contribution is -2.57. The fraction of sp³-hybridized carbons (Fsp3) is 0.577. The molecule has 1 saturated carbocycles. The Labute approximate surface area is 222 Å². The van der Waals surface area contributed by atoms with Crippen LogP contribution in [0.4, 0.5) is 4.79 Å². The highest BCUT2D eigenvalue weighted by molar-refractivity contribution is 6.42. The molecule has 2 fully saturated rings. The van der Waals surface area contributed by atoms with Crippen LogP contribution in [-0.2, 0) is 14.3 Å². The Hall–Kier alpha value is -2.29. The molecule has 1 saturated heterocycles. The maximum Gasteiger partial charge on any atom is 0.338 e. The molecule has 36 heavy (non-hydrogen) atoms. The third-order valence-corrected chi connectivity index (χ3v) is 8.16. The number of piperazine rings is 1. The average molecular weight is 537 g/mol. The number of rotatable bonds is 6. The summed E-state index contributed by atoms with van der Waals surface area (Å²) >= 11 is 12.4. The van der Waals surface area contributed by atoms with Gasteiger partial charge in [0.2, 0.25) is 5.91 Å². The molecule has 1 aliphatic carbocycles. The minimum absolute atomic E-state index is 0.0482. The molecule has 0 radical (unpaired) electrons. The fourth-order valence-corrected chi connectivity index (χ4v) is 5.77. The van der Waals surface area contributed by atoms with Gasteiger partial charge in [0, 0.05) is 50.9 Å². The third-order valence-electron chi connectivity index (χ3n) is 7.42. The minimum atomic E-state index is -0.722. The number of carbonyl (C=O) groups is 3. The molecule has 3 amide bonds. The van der Waals surface area contributed by atoms with E-state index in [2.05, 4.69) is 17.1 Å². The molecule has 8 nitrogen and oxygen atoms in total. The van der Waals surface area contributed by atoms with Crippen molar-refractivity contribution in [1.29, 1.82) is 0 Å². The van der Waals surface area contributed by atoms with Crippen LogP contribution in [0, 0.1) is 5.92 Å². The van der Waals surface area contributed by atoms with Crippen LogP contribution >= 0.6 is 23.2 Å². The first-order chi connectivity index (χ1) is 17.2. The van der Waals surface area contributed by atoms with Gasteiger partial charge in [0.1, 0.15) is 0 Å². The van der Waals surface area contributed by atoms with Crippen LogP contribution < -0.4 is 5.32 Å². The molecular formula is C26H34Cl2N4O4. The number of likely N-dealkylation sites (N-methyl/N-ethyl adjacent to an activating group) is 1. The first-order valence-corrected chi connectivity index (χ1v) is 13.4. The van der Waals surface area contributed by atoms with Gasteiger partial charge < -0.3 is 15.0 Å². The van der Waals surface area contributed by atoms with Gasteiger partial charge in [0.05, 0.1) is 28.3 Å². The second kappa shape index (κ2) is 11.4. The summed E-state index contributed by atoms with van der Waals surface area (Å²) in [5.74, 6) is -0.0734. The lowest BCUT2D eigenvalue weighted by molar-refractivity contribution is -0.140. The van der Waals surface area contributed by atoms with Crippen LogP contribution in [0.1, 0.15) is 51.1 Å². The number of ether oxygens (including phenoxy) is 1. The highest BCUT2D eigenvalue weighted by Crippen LogP contribution is 2.35. The zero-order valence-corrected chi connectivity index (χ0v) is 22.6. The van der Waals surface area contributed by atoms with Gasteiger partial charge in [-0.25, -0.2) is 9.59 Å². The van der Waals surface area contributed by atoms with E-state index in [1.165, 1.54) is 4.90 Å². The Morgan fingerprint density at radius 2 is 1.86 bits per heavy atom. The summed E-state index contributed by atoms with van der Waals surface area (Å²) in [6.45, 7) is 6.35. The van der Waals surface area contributed by atoms with Crippen molar-refractivity contribution in [3.05, 3.63) is 45.1 Å². The average Bonchev–Trinajstić information content (AvgIpc) is 3.38. The van der Waals surface area contributed by atoms with Crippen LogP contribution in [0.5, 0.6) is 0 Å². The number of urea groups is 1. The summed E-state index contributed by atoms with van der Waals surface area (Å²) in [5.41, 5.74) is 1.59. The normalized spacial score (nSPS) is 23.8. The van der Waals surface area contributed by atoms with E-state index in [0.29, 0.717) is 53.1 Å². The lowest BCUT2D eigenvalue weighted by atomic mass is 9.94. The van der Waals surface area contributed by atoms with Crippen LogP contribution in [0.15, 0.2) is 29.5 Å². The number of carbonyl (C=O) groups excluding carboxylic acids is 3. The number of nitrogens with zero attached hydrogens (tertiary/aromatic N) is 3. The van der Waals surface area contributed by atoms with Crippen molar-refractivity contribution < 1.29 is 19.1 Å². The van der Waals surface area contributed by atoms with Crippen molar-refractivity contribution >= 4 is 41.1 Å². The molecule has 2 heterocycles. The zero-order chi connectivity index (χ0) is 26.0. The summed E-state index contributed by atoms with van der Waals surface area (Å²) in [7, 11) is 1.65. The number of halogens is 2. The monoisotopic (exact) mass is 536 g/mol. The van der Waals surface area contributed by atoms with E-state index in [0.717, 1.165) is 25.7 Å². The Kier molecular flexibility index (Phi) is 8.48. The predicted octanol–water partition coefficient (Wildman–Crippen LogP) is 4.23. The largest absolute Gasteiger partial charge is 0.463 e. The second-order valence-corrected chi connectivity index (χ2v) is 10.6. The van der Waals surface area contributed by atoms with E-state index in [4.69, 9.17) is 27.9 Å². The Balaban J connectivity index is 1.60. The molecule has 4 rings (SSSR count). The van der Waals surface area contributed by atoms with Gasteiger partial charge in [0.15, 0.2) is 0 Å². The first-order valence-electron chi connectivity index (χ1n) is 12.6. The standard InChI is InChI=1S/C26H34Cl2N4O4/c1-4-36-25(34)22-21(30(3)26(35)29-23(22)18-9-10-19(27)20(28)13-18)15-31-11-12-32(16(2)14-31)24(33)17-7-5-6-8-17/h9-10,13,16-17,23H,4-8,11-12,14-15H2,1-3H3,(H,29,35). The lowest BCUT2D eigenvalue weighted by Gasteiger charge is -2.43. The molecule has 3 aliphatic rings. The second-order valence-electron chi connectivity index (χ2n) is 9.79. The highest BCUT2D eigenvalue weighted by atomic mass is 35.5. The van der Waals surface area contributed by atoms with Crippen molar-refractivity contribution in [3.63, 3.8) is 0 Å². The number of hydrogen-bond acceptors (Lipinski definition) is 5. The Bertz CT molecular complexity index is 1060. The van der Waals surface area contributed by atoms with E-state index in [1.807, 2.05) is 4.90 Å². The van der Waals surface area contributed by atoms with E-state index < -0.39 is 12.0 Å². The summed E-state index contributed by atoms with van der Waals surface area (Å²) in [4.78, 5) is 44.9. The molecule has 10 heteroatoms. The molecule has 0 spiro atoms. The number of hydrogen-bond donors (Lipinski definition) is 1. The number of esters is 1. The molecule has 1 N–H and O–H groups in total. The van der Waals surface area contributed by atoms with Gasteiger partial charge in [-0.15, -0.1) is 0 Å². The highest BCUT2D eigenvalue weighted by Gasteiger charge is 2.39. The molecule has 0 bridgehead atoms. The molecular weight excluding hydrogens is 503 g/mol. The molecule has 2 aliphatic heterocycles. The van der Waals surface area contributed by atoms with E-state index in [1.54, 1.807) is 32.2 Å². The quantitative estimate of drug-likeness (QED) is 0.550. The van der Waals surface area contributed by atoms with E-state index in [9.17, 15) is 14.4 Å². The van der Waals surface area contributed by atoms with Crippen LogP contribution in [0.3, 0.4) is 0 Å². The Morgan fingerprint density at radius 3 is 2.50 bits per heavy atom. The topological polar surface area (TPSA) is 82.2 Å². The molecule has 2 atom stereocenters. The smallest absolute Gasteiger partial charge is 0.338 e. The van der Waals surface area contributed by atoms with Crippen molar-refractivity contribution in [2.75, 3.05) is 39.8 Å².